The molecular weight excluding hydrogens is 479 g/mol. The van der Waals surface area contributed by atoms with Gasteiger partial charge in [0, 0.05) is 36.5 Å². The fraction of sp³-hybridized carbons (Fsp3) is 0.375. The fourth-order valence-corrected chi connectivity index (χ4v) is 5.26. The van der Waals surface area contributed by atoms with Crippen molar-refractivity contribution in [3.05, 3.63) is 77.4 Å². The highest BCUT2D eigenvalue weighted by Crippen LogP contribution is 2.37. The summed E-state index contributed by atoms with van der Waals surface area (Å²) in [5, 5.41) is 21.2. The average molecular weight is 519 g/mol. The highest BCUT2D eigenvalue weighted by molar-refractivity contribution is 5.92. The van der Waals surface area contributed by atoms with Gasteiger partial charge in [-0.3, -0.25) is 9.29 Å². The van der Waals surface area contributed by atoms with Crippen molar-refractivity contribution >= 4 is 10.9 Å². The first-order valence-electron chi connectivity index (χ1n) is 13.5. The molecule has 1 aromatic heterocycles. The predicted octanol–water partition coefficient (Wildman–Crippen LogP) is 7.08. The first-order valence-corrected chi connectivity index (χ1v) is 13.5. The molecule has 3 aromatic carbocycles. The lowest BCUT2D eigenvalue weighted by molar-refractivity contribution is 0.228. The van der Waals surface area contributed by atoms with E-state index in [0.717, 1.165) is 70.7 Å². The molecule has 0 spiro atoms. The molecule has 0 bridgehead atoms. The minimum absolute atomic E-state index is 0.178. The van der Waals surface area contributed by atoms with Crippen molar-refractivity contribution in [3.8, 4) is 28.5 Å². The Hall–Kier alpha value is -3.51. The fourth-order valence-electron chi connectivity index (χ4n) is 5.26. The lowest BCUT2D eigenvalue weighted by Gasteiger charge is -2.16. The van der Waals surface area contributed by atoms with Crippen LogP contribution in [0.3, 0.4) is 0 Å². The molecule has 5 rings (SSSR count). The Morgan fingerprint density at radius 2 is 1.74 bits per heavy atom. The van der Waals surface area contributed by atoms with Gasteiger partial charge in [-0.05, 0) is 97.6 Å². The van der Waals surface area contributed by atoms with E-state index in [4.69, 9.17) is 4.74 Å². The first-order chi connectivity index (χ1) is 18.4. The molecule has 0 unspecified atom stereocenters. The van der Waals surface area contributed by atoms with Gasteiger partial charge >= 0.3 is 0 Å². The molecule has 1 saturated heterocycles. The summed E-state index contributed by atoms with van der Waals surface area (Å²) < 4.78 is 21.0. The number of phenolic OH excluding ortho intramolecular Hbond substituents is 2. The standard InChI is InChI=1S/C30H33FN2O3.C2H6/c1-20-15-24(5-10-29(20)35)30-21(2)27-16-25(34)6-9-28(27)33(30)19-22-3-7-26(8-4-22)36-14-13-32-12-11-23(17-31)18-32;1-2/h3-10,15-16,23,34-35H,11-14,17-19H2,1-2H3;1-2H3/t23-;/m0./s1. The van der Waals surface area contributed by atoms with Gasteiger partial charge in [0.05, 0.1) is 12.4 Å². The van der Waals surface area contributed by atoms with Gasteiger partial charge in [0.15, 0.2) is 0 Å². The van der Waals surface area contributed by atoms with Crippen LogP contribution in [0.5, 0.6) is 17.2 Å². The zero-order valence-corrected chi connectivity index (χ0v) is 22.9. The summed E-state index contributed by atoms with van der Waals surface area (Å²) >= 11 is 0. The van der Waals surface area contributed by atoms with Crippen molar-refractivity contribution in [2.24, 2.45) is 5.92 Å². The number of aromatic hydroxyl groups is 2. The summed E-state index contributed by atoms with van der Waals surface area (Å²) in [6, 6.07) is 19.3. The molecule has 202 valence electrons. The Bertz CT molecular complexity index is 1360. The third-order valence-corrected chi connectivity index (χ3v) is 7.30. The molecule has 1 fully saturated rings. The highest BCUT2D eigenvalue weighted by atomic mass is 19.1. The Kier molecular flexibility index (Phi) is 8.95. The van der Waals surface area contributed by atoms with E-state index in [9.17, 15) is 14.6 Å². The van der Waals surface area contributed by atoms with E-state index >= 15 is 0 Å². The smallest absolute Gasteiger partial charge is 0.119 e. The zero-order chi connectivity index (χ0) is 27.2. The van der Waals surface area contributed by atoms with E-state index in [0.29, 0.717) is 13.2 Å². The number of fused-ring (bicyclic) bond motifs is 1. The quantitative estimate of drug-likeness (QED) is 0.262. The summed E-state index contributed by atoms with van der Waals surface area (Å²) in [4.78, 5) is 2.27. The van der Waals surface area contributed by atoms with Gasteiger partial charge in [0.25, 0.3) is 0 Å². The molecule has 0 saturated carbocycles. The van der Waals surface area contributed by atoms with E-state index in [-0.39, 0.29) is 24.1 Å². The number of rotatable bonds is 8. The third kappa shape index (κ3) is 5.97. The number of aryl methyl sites for hydroxylation is 2. The lowest BCUT2D eigenvalue weighted by Crippen LogP contribution is -2.26. The molecular formula is C32H39FN2O3. The van der Waals surface area contributed by atoms with Crippen LogP contribution < -0.4 is 4.74 Å². The van der Waals surface area contributed by atoms with Crippen molar-refractivity contribution in [2.75, 3.05) is 32.9 Å². The van der Waals surface area contributed by atoms with Crippen LogP contribution in [0.25, 0.3) is 22.2 Å². The van der Waals surface area contributed by atoms with Crippen LogP contribution in [-0.4, -0.2) is 52.6 Å². The molecule has 38 heavy (non-hydrogen) atoms. The third-order valence-electron chi connectivity index (χ3n) is 7.30. The number of hydrogen-bond donors (Lipinski definition) is 2. The van der Waals surface area contributed by atoms with E-state index < -0.39 is 0 Å². The van der Waals surface area contributed by atoms with E-state index in [1.807, 2.05) is 57.2 Å². The average Bonchev–Trinajstić information content (AvgIpc) is 3.50. The van der Waals surface area contributed by atoms with Gasteiger partial charge in [0.2, 0.25) is 0 Å². The lowest BCUT2D eigenvalue weighted by atomic mass is 10.0. The van der Waals surface area contributed by atoms with Crippen LogP contribution in [0.2, 0.25) is 0 Å². The Morgan fingerprint density at radius 1 is 0.974 bits per heavy atom. The van der Waals surface area contributed by atoms with Gasteiger partial charge in [-0.1, -0.05) is 26.0 Å². The van der Waals surface area contributed by atoms with Gasteiger partial charge < -0.3 is 19.5 Å². The number of alkyl halides is 1. The maximum absolute atomic E-state index is 12.8. The van der Waals surface area contributed by atoms with Crippen LogP contribution in [0.1, 0.15) is 37.0 Å². The maximum Gasteiger partial charge on any atom is 0.119 e. The maximum atomic E-state index is 12.8. The Morgan fingerprint density at radius 3 is 2.42 bits per heavy atom. The second-order valence-electron chi connectivity index (χ2n) is 9.86. The SMILES string of the molecule is CC.Cc1cc(-c2c(C)c3cc(O)ccc3n2Cc2ccc(OCCN3CC[C@@H](CF)C3)cc2)ccc1O. The number of phenols is 2. The van der Waals surface area contributed by atoms with Crippen LogP contribution in [0.15, 0.2) is 60.7 Å². The summed E-state index contributed by atoms with van der Waals surface area (Å²) in [6.07, 6.45) is 0.935. The number of ether oxygens (including phenoxy) is 1. The molecule has 1 aliphatic rings. The predicted molar refractivity (Wildman–Crippen MR) is 153 cm³/mol. The van der Waals surface area contributed by atoms with Gasteiger partial charge in [-0.25, -0.2) is 0 Å². The highest BCUT2D eigenvalue weighted by Gasteiger charge is 2.22. The van der Waals surface area contributed by atoms with Crippen LogP contribution in [-0.2, 0) is 6.54 Å². The van der Waals surface area contributed by atoms with Gasteiger partial charge in [0.1, 0.15) is 23.9 Å². The minimum Gasteiger partial charge on any atom is -0.508 e. The minimum atomic E-state index is -0.232. The monoisotopic (exact) mass is 518 g/mol. The number of benzene rings is 3. The van der Waals surface area contributed by atoms with Crippen LogP contribution in [0.4, 0.5) is 4.39 Å². The van der Waals surface area contributed by atoms with Crippen LogP contribution in [0, 0.1) is 19.8 Å². The summed E-state index contributed by atoms with van der Waals surface area (Å²) in [7, 11) is 0. The van der Waals surface area contributed by atoms with E-state index in [2.05, 4.69) is 28.5 Å². The molecule has 0 aliphatic carbocycles. The number of aromatic nitrogens is 1. The molecule has 4 aromatic rings. The molecule has 2 N–H and O–H groups in total. The Labute approximate surface area is 225 Å². The molecule has 5 nitrogen and oxygen atoms in total. The van der Waals surface area contributed by atoms with Crippen molar-refractivity contribution < 1.29 is 19.3 Å². The molecule has 0 radical (unpaired) electrons. The number of likely N-dealkylation sites (tertiary alicyclic amines) is 1. The van der Waals surface area contributed by atoms with Crippen molar-refractivity contribution in [1.29, 1.82) is 0 Å². The second kappa shape index (κ2) is 12.4. The first kappa shape index (κ1) is 27.5. The Balaban J connectivity index is 0.00000164. The van der Waals surface area contributed by atoms with Gasteiger partial charge in [-0.15, -0.1) is 0 Å². The number of nitrogens with zero attached hydrogens (tertiary/aromatic N) is 2. The number of hydrogen-bond acceptors (Lipinski definition) is 4. The zero-order valence-electron chi connectivity index (χ0n) is 22.9. The topological polar surface area (TPSA) is 57.9 Å². The van der Waals surface area contributed by atoms with Crippen molar-refractivity contribution in [2.45, 2.75) is 40.7 Å². The van der Waals surface area contributed by atoms with Crippen LogP contribution >= 0.6 is 0 Å². The van der Waals surface area contributed by atoms with Gasteiger partial charge in [-0.2, -0.15) is 0 Å². The van der Waals surface area contributed by atoms with E-state index in [1.165, 1.54) is 0 Å². The van der Waals surface area contributed by atoms with E-state index in [1.54, 1.807) is 12.1 Å². The summed E-state index contributed by atoms with van der Waals surface area (Å²) in [6.45, 7) is 11.6. The molecule has 1 aliphatic heterocycles. The van der Waals surface area contributed by atoms with Crippen molar-refractivity contribution in [1.82, 2.24) is 9.47 Å². The summed E-state index contributed by atoms with van der Waals surface area (Å²) in [5.74, 6) is 1.52. The largest absolute Gasteiger partial charge is 0.508 e. The summed E-state index contributed by atoms with van der Waals surface area (Å²) in [5.41, 5.74) is 6.18. The molecule has 1 atom stereocenters. The second-order valence-corrected chi connectivity index (χ2v) is 9.86. The molecule has 0 amide bonds. The molecule has 2 heterocycles. The number of halogens is 1. The van der Waals surface area contributed by atoms with Crippen molar-refractivity contribution in [3.63, 3.8) is 0 Å². The normalized spacial score (nSPS) is 15.4. The molecule has 6 heteroatoms.